The molecule has 0 saturated heterocycles. The third-order valence-electron chi connectivity index (χ3n) is 3.72. The predicted octanol–water partition coefficient (Wildman–Crippen LogP) is 2.28. The maximum atomic E-state index is 12.4. The van der Waals surface area contributed by atoms with Crippen LogP contribution in [0.1, 0.15) is 56.4 Å². The van der Waals surface area contributed by atoms with Gasteiger partial charge in [0, 0.05) is 30.8 Å². The number of fused-ring (bicyclic) bond motifs is 1. The fourth-order valence-corrected chi connectivity index (χ4v) is 2.67. The lowest BCUT2D eigenvalue weighted by molar-refractivity contribution is 0.0133. The highest BCUT2D eigenvalue weighted by molar-refractivity contribution is 5.89. The Bertz CT molecular complexity index is 616. The minimum absolute atomic E-state index is 0.0252. The van der Waals surface area contributed by atoms with Crippen molar-refractivity contribution >= 4 is 12.1 Å². The smallest absolute Gasteiger partial charge is 0.410 e. The number of amides is 1. The first-order valence-corrected chi connectivity index (χ1v) is 7.85. The molecular formula is C16H25N3O4. The second-order valence-corrected chi connectivity index (χ2v) is 6.78. The van der Waals surface area contributed by atoms with Gasteiger partial charge in [-0.25, -0.2) is 9.59 Å². The van der Waals surface area contributed by atoms with Crippen molar-refractivity contribution in [1.82, 2.24) is 14.7 Å². The Morgan fingerprint density at radius 3 is 2.57 bits per heavy atom. The topological polar surface area (TPSA) is 73.7 Å². The summed E-state index contributed by atoms with van der Waals surface area (Å²) < 4.78 is 12.2. The van der Waals surface area contributed by atoms with E-state index in [9.17, 15) is 9.59 Å². The maximum absolute atomic E-state index is 12.4. The van der Waals surface area contributed by atoms with Gasteiger partial charge < -0.3 is 14.4 Å². The second kappa shape index (κ2) is 6.22. The lowest BCUT2D eigenvalue weighted by Crippen LogP contribution is -2.45. The molecule has 0 bridgehead atoms. The van der Waals surface area contributed by atoms with Crippen LogP contribution in [0, 0.1) is 0 Å². The van der Waals surface area contributed by atoms with Gasteiger partial charge in [0.05, 0.1) is 13.2 Å². The molecule has 0 N–H and O–H groups in total. The molecule has 1 atom stereocenters. The van der Waals surface area contributed by atoms with Gasteiger partial charge in [0.15, 0.2) is 5.69 Å². The number of hydrogen-bond donors (Lipinski definition) is 0. The summed E-state index contributed by atoms with van der Waals surface area (Å²) in [6.07, 6.45) is 0.242. The van der Waals surface area contributed by atoms with Crippen LogP contribution < -0.4 is 0 Å². The highest BCUT2D eigenvalue weighted by Gasteiger charge is 2.35. The highest BCUT2D eigenvalue weighted by Crippen LogP contribution is 2.27. The number of hydrogen-bond acceptors (Lipinski definition) is 5. The van der Waals surface area contributed by atoms with Crippen molar-refractivity contribution in [2.75, 3.05) is 6.61 Å². The van der Waals surface area contributed by atoms with E-state index < -0.39 is 11.6 Å². The van der Waals surface area contributed by atoms with Gasteiger partial charge >= 0.3 is 12.1 Å². The number of aryl methyl sites for hydroxylation is 1. The zero-order chi connectivity index (χ0) is 17.4. The lowest BCUT2D eigenvalue weighted by atomic mass is 10.00. The molecule has 0 aliphatic carbocycles. The van der Waals surface area contributed by atoms with E-state index in [0.29, 0.717) is 13.0 Å². The van der Waals surface area contributed by atoms with Crippen molar-refractivity contribution in [3.05, 3.63) is 17.0 Å². The van der Waals surface area contributed by atoms with E-state index in [4.69, 9.17) is 9.47 Å². The zero-order valence-corrected chi connectivity index (χ0v) is 14.7. The van der Waals surface area contributed by atoms with E-state index in [1.165, 1.54) is 0 Å². The molecule has 0 spiro atoms. The average Bonchev–Trinajstić information content (AvgIpc) is 2.73. The largest absolute Gasteiger partial charge is 0.461 e. The minimum Gasteiger partial charge on any atom is -0.461 e. The summed E-state index contributed by atoms with van der Waals surface area (Å²) >= 11 is 0. The number of carbonyl (C=O) groups is 2. The summed E-state index contributed by atoms with van der Waals surface area (Å²) in [5.41, 5.74) is 1.43. The molecule has 23 heavy (non-hydrogen) atoms. The van der Waals surface area contributed by atoms with E-state index >= 15 is 0 Å². The molecule has 7 heteroatoms. The fraction of sp³-hybridized carbons (Fsp3) is 0.688. The minimum atomic E-state index is -0.560. The Labute approximate surface area is 136 Å². The maximum Gasteiger partial charge on any atom is 0.410 e. The van der Waals surface area contributed by atoms with Crippen LogP contribution in [0.2, 0.25) is 0 Å². The molecule has 0 fully saturated rings. The molecule has 0 saturated carbocycles. The summed E-state index contributed by atoms with van der Waals surface area (Å²) in [7, 11) is 1.80. The van der Waals surface area contributed by atoms with Crippen LogP contribution >= 0.6 is 0 Å². The van der Waals surface area contributed by atoms with E-state index in [-0.39, 0.29) is 24.4 Å². The number of ether oxygens (including phenoxy) is 2. The van der Waals surface area contributed by atoms with E-state index in [1.54, 1.807) is 23.6 Å². The first kappa shape index (κ1) is 17.3. The van der Waals surface area contributed by atoms with Crippen LogP contribution in [0.4, 0.5) is 4.79 Å². The molecule has 7 nitrogen and oxygen atoms in total. The average molecular weight is 323 g/mol. The van der Waals surface area contributed by atoms with Gasteiger partial charge in [-0.15, -0.1) is 0 Å². The van der Waals surface area contributed by atoms with Gasteiger partial charge in [-0.3, -0.25) is 4.68 Å². The van der Waals surface area contributed by atoms with Crippen molar-refractivity contribution in [2.24, 2.45) is 7.05 Å². The van der Waals surface area contributed by atoms with E-state index in [0.717, 1.165) is 11.3 Å². The Balaban J connectivity index is 2.30. The molecule has 1 aromatic heterocycles. The summed E-state index contributed by atoms with van der Waals surface area (Å²) in [6.45, 7) is 9.80. The Morgan fingerprint density at radius 1 is 1.35 bits per heavy atom. The van der Waals surface area contributed by atoms with E-state index in [1.807, 2.05) is 27.7 Å². The van der Waals surface area contributed by atoms with Gasteiger partial charge in [-0.1, -0.05) is 0 Å². The standard InChI is InChI=1S/C16H25N3O4/c1-7-22-14(20)13-11-9-19(15(21)23-16(3,4)5)10(2)8-12(11)18(6)17-13/h10H,7-9H2,1-6H3/t10-/m0/s1. The van der Waals surface area contributed by atoms with Gasteiger partial charge in [-0.05, 0) is 34.6 Å². The van der Waals surface area contributed by atoms with Crippen molar-refractivity contribution in [3.8, 4) is 0 Å². The molecule has 0 radical (unpaired) electrons. The lowest BCUT2D eigenvalue weighted by Gasteiger charge is -2.35. The third kappa shape index (κ3) is 3.65. The van der Waals surface area contributed by atoms with Gasteiger partial charge in [-0.2, -0.15) is 5.10 Å². The summed E-state index contributed by atoms with van der Waals surface area (Å²) in [6, 6.07) is -0.0252. The van der Waals surface area contributed by atoms with Crippen molar-refractivity contribution in [1.29, 1.82) is 0 Å². The number of carbonyl (C=O) groups excluding carboxylic acids is 2. The SMILES string of the molecule is CCOC(=O)c1nn(C)c2c1CN(C(=O)OC(C)(C)C)[C@@H](C)C2. The summed E-state index contributed by atoms with van der Waals surface area (Å²) in [5.74, 6) is -0.456. The summed E-state index contributed by atoms with van der Waals surface area (Å²) in [4.78, 5) is 26.1. The molecule has 1 aromatic rings. The quantitative estimate of drug-likeness (QED) is 0.781. The van der Waals surface area contributed by atoms with Crippen molar-refractivity contribution in [2.45, 2.75) is 59.2 Å². The number of aromatic nitrogens is 2. The Kier molecular flexibility index (Phi) is 4.68. The molecule has 1 amide bonds. The monoisotopic (exact) mass is 323 g/mol. The number of rotatable bonds is 2. The van der Waals surface area contributed by atoms with Crippen molar-refractivity contribution in [3.63, 3.8) is 0 Å². The molecule has 128 valence electrons. The van der Waals surface area contributed by atoms with Gasteiger partial charge in [0.1, 0.15) is 5.60 Å². The van der Waals surface area contributed by atoms with Crippen molar-refractivity contribution < 1.29 is 19.1 Å². The predicted molar refractivity (Wildman–Crippen MR) is 84.1 cm³/mol. The first-order valence-electron chi connectivity index (χ1n) is 7.85. The molecule has 2 rings (SSSR count). The van der Waals surface area contributed by atoms with Crippen LogP contribution in [0.3, 0.4) is 0 Å². The molecule has 2 heterocycles. The molecule has 0 unspecified atom stereocenters. The first-order chi connectivity index (χ1) is 10.6. The normalized spacial score (nSPS) is 17.7. The third-order valence-corrected chi connectivity index (χ3v) is 3.72. The molecular weight excluding hydrogens is 298 g/mol. The number of esters is 1. The fourth-order valence-electron chi connectivity index (χ4n) is 2.67. The number of nitrogens with zero attached hydrogens (tertiary/aromatic N) is 3. The van der Waals surface area contributed by atoms with Crippen LogP contribution in [0.5, 0.6) is 0 Å². The Hall–Kier alpha value is -2.05. The Morgan fingerprint density at radius 2 is 2.00 bits per heavy atom. The van der Waals surface area contributed by atoms with Crippen LogP contribution in [-0.4, -0.2) is 45.0 Å². The van der Waals surface area contributed by atoms with Crippen LogP contribution in [-0.2, 0) is 29.5 Å². The highest BCUT2D eigenvalue weighted by atomic mass is 16.6. The molecule has 0 aromatic carbocycles. The van der Waals surface area contributed by atoms with Crippen LogP contribution in [0.25, 0.3) is 0 Å². The molecule has 1 aliphatic rings. The second-order valence-electron chi connectivity index (χ2n) is 6.78. The summed E-state index contributed by atoms with van der Waals surface area (Å²) in [5, 5.41) is 4.28. The van der Waals surface area contributed by atoms with Crippen LogP contribution in [0.15, 0.2) is 0 Å². The zero-order valence-electron chi connectivity index (χ0n) is 14.7. The van der Waals surface area contributed by atoms with E-state index in [2.05, 4.69) is 5.10 Å². The molecule has 1 aliphatic heterocycles. The van der Waals surface area contributed by atoms with Gasteiger partial charge in [0.25, 0.3) is 0 Å². The van der Waals surface area contributed by atoms with Gasteiger partial charge in [0.2, 0.25) is 0 Å².